The summed E-state index contributed by atoms with van der Waals surface area (Å²) < 4.78 is 5.88. The highest BCUT2D eigenvalue weighted by atomic mass is 16.3. The maximum Gasteiger partial charge on any atom is 0.177 e. The summed E-state index contributed by atoms with van der Waals surface area (Å²) in [5.74, 6) is 0.703. The first-order chi connectivity index (χ1) is 13.3. The van der Waals surface area contributed by atoms with Gasteiger partial charge in [0.1, 0.15) is 11.2 Å². The zero-order chi connectivity index (χ0) is 17.8. The topological polar surface area (TPSA) is 96.3 Å². The summed E-state index contributed by atoms with van der Waals surface area (Å²) in [6, 6.07) is 13.6. The average Bonchev–Trinajstić information content (AvgIpc) is 3.42. The molecule has 0 radical (unpaired) electrons. The van der Waals surface area contributed by atoms with E-state index in [0.29, 0.717) is 11.4 Å². The van der Waals surface area contributed by atoms with Crippen molar-refractivity contribution in [1.82, 2.24) is 29.9 Å². The molecule has 0 saturated heterocycles. The molecule has 0 saturated carbocycles. The van der Waals surface area contributed by atoms with Gasteiger partial charge < -0.3 is 14.4 Å². The van der Waals surface area contributed by atoms with Crippen LogP contribution < -0.4 is 0 Å². The van der Waals surface area contributed by atoms with Crippen LogP contribution in [0.15, 0.2) is 65.6 Å². The summed E-state index contributed by atoms with van der Waals surface area (Å²) in [5, 5.41) is 0. The van der Waals surface area contributed by atoms with Crippen molar-refractivity contribution in [3.8, 4) is 22.7 Å². The van der Waals surface area contributed by atoms with Gasteiger partial charge in [-0.05, 0) is 36.4 Å². The highest BCUT2D eigenvalue weighted by Gasteiger charge is 2.11. The van der Waals surface area contributed by atoms with Gasteiger partial charge in [0.25, 0.3) is 0 Å². The quantitative estimate of drug-likeness (QED) is 0.484. The fourth-order valence-electron chi connectivity index (χ4n) is 3.27. The largest absolute Gasteiger partial charge is 0.453 e. The van der Waals surface area contributed by atoms with E-state index in [1.54, 1.807) is 18.7 Å². The molecule has 0 bridgehead atoms. The van der Waals surface area contributed by atoms with Crippen molar-refractivity contribution in [2.24, 2.45) is 0 Å². The van der Waals surface area contributed by atoms with Crippen LogP contribution >= 0.6 is 0 Å². The minimum absolute atomic E-state index is 0.703. The Morgan fingerprint density at radius 2 is 1.89 bits per heavy atom. The van der Waals surface area contributed by atoms with E-state index in [0.717, 1.165) is 44.6 Å². The van der Waals surface area contributed by atoms with Crippen LogP contribution in [0, 0.1) is 0 Å². The summed E-state index contributed by atoms with van der Waals surface area (Å²) in [4.78, 5) is 24.1. The molecule has 0 atom stereocenters. The van der Waals surface area contributed by atoms with Crippen LogP contribution in [-0.4, -0.2) is 29.9 Å². The van der Waals surface area contributed by atoms with Gasteiger partial charge in [0.05, 0.1) is 22.9 Å². The monoisotopic (exact) mass is 352 g/mol. The van der Waals surface area contributed by atoms with E-state index in [-0.39, 0.29) is 0 Å². The molecule has 0 amide bonds. The van der Waals surface area contributed by atoms with Crippen LogP contribution in [0.2, 0.25) is 0 Å². The standard InChI is InChI=1S/C20H12N6O/c1-2-18-16(21-5-1)8-19(27-18)13-4-3-12-15(26-13)7-14(25-12)11-6-17-20(22-9-11)24-10-23-17/h1-10,25H,(H,22,23,24). The number of H-pyrrole nitrogens is 2. The van der Waals surface area contributed by atoms with Gasteiger partial charge in [0.15, 0.2) is 17.0 Å². The second kappa shape index (κ2) is 5.25. The first-order valence-electron chi connectivity index (χ1n) is 8.48. The lowest BCUT2D eigenvalue weighted by molar-refractivity contribution is 0.628. The van der Waals surface area contributed by atoms with Crippen LogP contribution in [-0.2, 0) is 0 Å². The molecule has 6 aromatic rings. The number of hydrogen-bond acceptors (Lipinski definition) is 5. The normalized spacial score (nSPS) is 11.7. The van der Waals surface area contributed by atoms with Crippen molar-refractivity contribution in [3.05, 3.63) is 61.2 Å². The van der Waals surface area contributed by atoms with E-state index < -0.39 is 0 Å². The number of aromatic amines is 2. The smallest absolute Gasteiger partial charge is 0.177 e. The second-order valence-electron chi connectivity index (χ2n) is 6.31. The Morgan fingerprint density at radius 3 is 2.85 bits per heavy atom. The molecule has 128 valence electrons. The molecule has 0 aromatic carbocycles. The van der Waals surface area contributed by atoms with Gasteiger partial charge in [-0.15, -0.1) is 0 Å². The molecule has 7 heteroatoms. The number of furan rings is 1. The van der Waals surface area contributed by atoms with Gasteiger partial charge in [-0.2, -0.15) is 0 Å². The number of imidazole rings is 1. The van der Waals surface area contributed by atoms with Gasteiger partial charge in [-0.25, -0.2) is 15.0 Å². The molecule has 0 unspecified atom stereocenters. The number of pyridine rings is 3. The van der Waals surface area contributed by atoms with E-state index in [4.69, 9.17) is 9.40 Å². The number of rotatable bonds is 2. The zero-order valence-electron chi connectivity index (χ0n) is 14.0. The Bertz CT molecular complexity index is 1410. The minimum Gasteiger partial charge on any atom is -0.453 e. The molecular formula is C20H12N6O. The maximum atomic E-state index is 5.88. The Morgan fingerprint density at radius 1 is 0.889 bits per heavy atom. The van der Waals surface area contributed by atoms with E-state index in [1.807, 2.05) is 42.5 Å². The van der Waals surface area contributed by atoms with Gasteiger partial charge in [-0.3, -0.25) is 4.98 Å². The molecule has 0 aliphatic heterocycles. The third kappa shape index (κ3) is 2.22. The summed E-state index contributed by atoms with van der Waals surface area (Å²) in [5.41, 5.74) is 7.68. The molecule has 7 nitrogen and oxygen atoms in total. The molecule has 6 aromatic heterocycles. The fraction of sp³-hybridized carbons (Fsp3) is 0. The molecule has 6 heterocycles. The lowest BCUT2D eigenvalue weighted by Crippen LogP contribution is -1.81. The van der Waals surface area contributed by atoms with Crippen molar-refractivity contribution < 1.29 is 4.42 Å². The highest BCUT2D eigenvalue weighted by molar-refractivity contribution is 5.87. The van der Waals surface area contributed by atoms with Crippen LogP contribution in [0.5, 0.6) is 0 Å². The summed E-state index contributed by atoms with van der Waals surface area (Å²) in [7, 11) is 0. The molecule has 6 rings (SSSR count). The Labute approximate surface area is 152 Å². The zero-order valence-corrected chi connectivity index (χ0v) is 14.0. The van der Waals surface area contributed by atoms with Crippen molar-refractivity contribution >= 4 is 33.3 Å². The van der Waals surface area contributed by atoms with Crippen LogP contribution in [0.1, 0.15) is 0 Å². The Kier molecular flexibility index (Phi) is 2.76. The average molecular weight is 352 g/mol. The van der Waals surface area contributed by atoms with Crippen molar-refractivity contribution in [2.75, 3.05) is 0 Å². The second-order valence-corrected chi connectivity index (χ2v) is 6.31. The predicted molar refractivity (Wildman–Crippen MR) is 102 cm³/mol. The van der Waals surface area contributed by atoms with E-state index in [9.17, 15) is 0 Å². The Hall–Kier alpha value is -4.00. The summed E-state index contributed by atoms with van der Waals surface area (Å²) >= 11 is 0. The Balaban J connectivity index is 1.46. The minimum atomic E-state index is 0.703. The predicted octanol–water partition coefficient (Wildman–Crippen LogP) is 4.31. The lowest BCUT2D eigenvalue weighted by atomic mass is 10.2. The number of nitrogens with zero attached hydrogens (tertiary/aromatic N) is 4. The molecule has 27 heavy (non-hydrogen) atoms. The molecule has 0 spiro atoms. The maximum absolute atomic E-state index is 5.88. The van der Waals surface area contributed by atoms with E-state index >= 15 is 0 Å². The van der Waals surface area contributed by atoms with Gasteiger partial charge in [0, 0.05) is 29.7 Å². The first-order valence-corrected chi connectivity index (χ1v) is 8.48. The van der Waals surface area contributed by atoms with Crippen LogP contribution in [0.3, 0.4) is 0 Å². The van der Waals surface area contributed by atoms with Gasteiger partial charge in [-0.1, -0.05) is 0 Å². The van der Waals surface area contributed by atoms with Crippen molar-refractivity contribution in [2.45, 2.75) is 0 Å². The molecular weight excluding hydrogens is 340 g/mol. The number of hydrogen-bond donors (Lipinski definition) is 2. The molecule has 2 N–H and O–H groups in total. The van der Waals surface area contributed by atoms with Crippen LogP contribution in [0.25, 0.3) is 56.0 Å². The molecule has 0 fully saturated rings. The first kappa shape index (κ1) is 14.2. The third-order valence-corrected chi connectivity index (χ3v) is 4.60. The lowest BCUT2D eigenvalue weighted by Gasteiger charge is -1.96. The van der Waals surface area contributed by atoms with Crippen LogP contribution in [0.4, 0.5) is 0 Å². The highest BCUT2D eigenvalue weighted by Crippen LogP contribution is 2.29. The SMILES string of the molecule is c1cnc2cc(-c3ccc4[nH]c(-c5cnc6nc[nH]c6c5)cc4n3)oc2c1. The van der Waals surface area contributed by atoms with Gasteiger partial charge in [0.2, 0.25) is 0 Å². The summed E-state index contributed by atoms with van der Waals surface area (Å²) in [6.07, 6.45) is 5.20. The third-order valence-electron chi connectivity index (χ3n) is 4.60. The van der Waals surface area contributed by atoms with E-state index in [2.05, 4.69) is 24.9 Å². The number of nitrogens with one attached hydrogen (secondary N) is 2. The fourth-order valence-corrected chi connectivity index (χ4v) is 3.27. The number of aromatic nitrogens is 6. The molecule has 0 aliphatic rings. The van der Waals surface area contributed by atoms with Crippen molar-refractivity contribution in [3.63, 3.8) is 0 Å². The van der Waals surface area contributed by atoms with Crippen molar-refractivity contribution in [1.29, 1.82) is 0 Å². The van der Waals surface area contributed by atoms with E-state index in [1.165, 1.54) is 0 Å². The number of fused-ring (bicyclic) bond motifs is 3. The van der Waals surface area contributed by atoms with Gasteiger partial charge >= 0.3 is 0 Å². The summed E-state index contributed by atoms with van der Waals surface area (Å²) in [6.45, 7) is 0. The molecule has 0 aliphatic carbocycles.